The summed E-state index contributed by atoms with van der Waals surface area (Å²) in [6, 6.07) is 7.13. The topological polar surface area (TPSA) is 58.2 Å². The molecule has 0 spiro atoms. The van der Waals surface area contributed by atoms with Crippen molar-refractivity contribution in [2.24, 2.45) is 0 Å². The van der Waals surface area contributed by atoms with Crippen molar-refractivity contribution in [2.75, 3.05) is 13.3 Å². The van der Waals surface area contributed by atoms with E-state index in [0.717, 1.165) is 31.4 Å². The Bertz CT molecular complexity index is 529. The van der Waals surface area contributed by atoms with Crippen molar-refractivity contribution in [3.05, 3.63) is 29.8 Å². The lowest BCUT2D eigenvalue weighted by Gasteiger charge is -2.13. The van der Waals surface area contributed by atoms with Crippen molar-refractivity contribution in [2.45, 2.75) is 42.0 Å². The summed E-state index contributed by atoms with van der Waals surface area (Å²) in [6.45, 7) is 0.742. The maximum atomic E-state index is 12.3. The van der Waals surface area contributed by atoms with E-state index in [-0.39, 0.29) is 6.04 Å². The van der Waals surface area contributed by atoms with Crippen LogP contribution in [0, 0.1) is 0 Å². The van der Waals surface area contributed by atoms with Gasteiger partial charge >= 0.3 is 0 Å². The largest absolute Gasteiger partial charge is 0.316 e. The van der Waals surface area contributed by atoms with Crippen LogP contribution in [-0.2, 0) is 16.6 Å². The van der Waals surface area contributed by atoms with Gasteiger partial charge in [0.15, 0.2) is 0 Å². The molecule has 0 saturated heterocycles. The van der Waals surface area contributed by atoms with Gasteiger partial charge in [0.05, 0.1) is 4.90 Å². The van der Waals surface area contributed by atoms with Crippen LogP contribution in [0.4, 0.5) is 0 Å². The van der Waals surface area contributed by atoms with E-state index in [0.29, 0.717) is 10.1 Å². The number of hydrogen-bond acceptors (Lipinski definition) is 4. The minimum Gasteiger partial charge on any atom is -0.316 e. The second-order valence-corrected chi connectivity index (χ2v) is 8.02. The molecular formula is C14H22N2O2S2. The van der Waals surface area contributed by atoms with Gasteiger partial charge < -0.3 is 5.32 Å². The van der Waals surface area contributed by atoms with Crippen LogP contribution in [0.1, 0.15) is 24.8 Å². The Hall–Kier alpha value is -0.560. The molecule has 1 saturated carbocycles. The zero-order valence-corrected chi connectivity index (χ0v) is 13.6. The van der Waals surface area contributed by atoms with Gasteiger partial charge in [0.1, 0.15) is 0 Å². The van der Waals surface area contributed by atoms with Crippen molar-refractivity contribution < 1.29 is 8.42 Å². The van der Waals surface area contributed by atoms with Crippen molar-refractivity contribution in [3.63, 3.8) is 0 Å². The van der Waals surface area contributed by atoms with Gasteiger partial charge in [-0.05, 0) is 50.3 Å². The van der Waals surface area contributed by atoms with Gasteiger partial charge in [-0.3, -0.25) is 0 Å². The summed E-state index contributed by atoms with van der Waals surface area (Å²) in [7, 11) is -1.52. The molecule has 1 aromatic rings. The quantitative estimate of drug-likeness (QED) is 0.843. The van der Waals surface area contributed by atoms with Crippen LogP contribution in [-0.4, -0.2) is 33.0 Å². The summed E-state index contributed by atoms with van der Waals surface area (Å²) in [4.78, 5) is 0.352. The molecule has 1 aliphatic rings. The molecule has 0 bridgehead atoms. The molecule has 1 fully saturated rings. The molecule has 0 aromatic heterocycles. The van der Waals surface area contributed by atoms with Crippen LogP contribution in [0.3, 0.4) is 0 Å². The first-order valence-electron chi connectivity index (χ1n) is 6.84. The average molecular weight is 314 g/mol. The molecule has 20 heavy (non-hydrogen) atoms. The van der Waals surface area contributed by atoms with Crippen molar-refractivity contribution >= 4 is 21.8 Å². The summed E-state index contributed by atoms with van der Waals surface area (Å²) in [5.74, 6) is 0. The Morgan fingerprint density at radius 2 is 1.95 bits per heavy atom. The third kappa shape index (κ3) is 3.97. The molecular weight excluding hydrogens is 292 g/mol. The summed E-state index contributed by atoms with van der Waals surface area (Å²) in [6.07, 6.45) is 5.04. The maximum Gasteiger partial charge on any atom is 0.240 e. The minimum absolute atomic E-state index is 0.0782. The first-order valence-corrected chi connectivity index (χ1v) is 9.61. The number of thioether (sulfide) groups is 1. The molecule has 2 rings (SSSR count). The normalized spacial score (nSPS) is 23.1. The molecule has 4 nitrogen and oxygen atoms in total. The number of sulfonamides is 1. The van der Waals surface area contributed by atoms with E-state index in [2.05, 4.69) is 16.3 Å². The van der Waals surface area contributed by atoms with E-state index in [9.17, 15) is 8.42 Å². The molecule has 0 heterocycles. The Labute approximate surface area is 125 Å². The maximum absolute atomic E-state index is 12.3. The van der Waals surface area contributed by atoms with Gasteiger partial charge in [0, 0.05) is 17.8 Å². The Morgan fingerprint density at radius 3 is 2.50 bits per heavy atom. The summed E-state index contributed by atoms with van der Waals surface area (Å²) < 4.78 is 27.5. The summed E-state index contributed by atoms with van der Waals surface area (Å²) in [5.41, 5.74) is 1.08. The van der Waals surface area contributed by atoms with Crippen LogP contribution in [0.2, 0.25) is 0 Å². The molecule has 2 unspecified atom stereocenters. The van der Waals surface area contributed by atoms with Crippen molar-refractivity contribution in [1.29, 1.82) is 0 Å². The number of benzene rings is 1. The highest BCUT2D eigenvalue weighted by molar-refractivity contribution is 7.99. The monoisotopic (exact) mass is 314 g/mol. The van der Waals surface area contributed by atoms with Crippen molar-refractivity contribution in [1.82, 2.24) is 10.0 Å². The lowest BCUT2D eigenvalue weighted by atomic mass is 10.2. The third-order valence-corrected chi connectivity index (χ3v) is 6.29. The van der Waals surface area contributed by atoms with Gasteiger partial charge in [-0.2, -0.15) is 11.8 Å². The standard InChI is InChI=1S/C14H22N2O2S2/c1-15-10-11-3-7-14(8-4-11)20(17,18)16-12-5-6-13(9-12)19-2/h3-4,7-8,12-13,15-16H,5-6,9-10H2,1-2H3. The van der Waals surface area contributed by atoms with E-state index < -0.39 is 10.0 Å². The van der Waals surface area contributed by atoms with Crippen molar-refractivity contribution in [3.8, 4) is 0 Å². The van der Waals surface area contributed by atoms with Crippen LogP contribution in [0.15, 0.2) is 29.2 Å². The molecule has 1 aromatic carbocycles. The number of rotatable bonds is 6. The molecule has 1 aliphatic carbocycles. The summed E-state index contributed by atoms with van der Waals surface area (Å²) in [5, 5.41) is 3.63. The summed E-state index contributed by atoms with van der Waals surface area (Å²) >= 11 is 1.82. The predicted molar refractivity (Wildman–Crippen MR) is 84.5 cm³/mol. The highest BCUT2D eigenvalue weighted by Gasteiger charge is 2.28. The van der Waals surface area contributed by atoms with Gasteiger partial charge in [0.25, 0.3) is 0 Å². The van der Waals surface area contributed by atoms with Crippen LogP contribution in [0.5, 0.6) is 0 Å². The first-order chi connectivity index (χ1) is 9.55. The molecule has 112 valence electrons. The highest BCUT2D eigenvalue weighted by atomic mass is 32.2. The Balaban J connectivity index is 2.03. The van der Waals surface area contributed by atoms with Crippen LogP contribution >= 0.6 is 11.8 Å². The smallest absolute Gasteiger partial charge is 0.240 e. The fourth-order valence-corrected chi connectivity index (χ4v) is 4.62. The zero-order valence-electron chi connectivity index (χ0n) is 11.9. The van der Waals surface area contributed by atoms with Gasteiger partial charge in [-0.1, -0.05) is 12.1 Å². The second-order valence-electron chi connectivity index (χ2n) is 5.16. The van der Waals surface area contributed by atoms with Gasteiger partial charge in [-0.25, -0.2) is 13.1 Å². The van der Waals surface area contributed by atoms with E-state index in [1.807, 2.05) is 30.9 Å². The van der Waals surface area contributed by atoms with Crippen LogP contribution < -0.4 is 10.0 Å². The third-order valence-electron chi connectivity index (χ3n) is 3.65. The first kappa shape index (κ1) is 15.8. The molecule has 0 radical (unpaired) electrons. The SMILES string of the molecule is CNCc1ccc(S(=O)(=O)NC2CCC(SC)C2)cc1. The Morgan fingerprint density at radius 1 is 1.25 bits per heavy atom. The predicted octanol–water partition coefficient (Wildman–Crippen LogP) is 1.97. The lowest BCUT2D eigenvalue weighted by Crippen LogP contribution is -2.33. The van der Waals surface area contributed by atoms with E-state index in [1.165, 1.54) is 0 Å². The fraction of sp³-hybridized carbons (Fsp3) is 0.571. The fourth-order valence-electron chi connectivity index (χ4n) is 2.54. The zero-order chi connectivity index (χ0) is 14.6. The number of nitrogens with one attached hydrogen (secondary N) is 2. The number of hydrogen-bond donors (Lipinski definition) is 2. The Kier molecular flexibility index (Phi) is 5.49. The van der Waals surface area contributed by atoms with E-state index in [1.54, 1.807) is 12.1 Å². The highest BCUT2D eigenvalue weighted by Crippen LogP contribution is 2.29. The second kappa shape index (κ2) is 6.93. The van der Waals surface area contributed by atoms with E-state index in [4.69, 9.17) is 0 Å². The lowest BCUT2D eigenvalue weighted by molar-refractivity contribution is 0.552. The molecule has 0 aliphatic heterocycles. The molecule has 2 N–H and O–H groups in total. The molecule has 0 amide bonds. The van der Waals surface area contributed by atoms with Crippen LogP contribution in [0.25, 0.3) is 0 Å². The van der Waals surface area contributed by atoms with Gasteiger partial charge in [-0.15, -0.1) is 0 Å². The van der Waals surface area contributed by atoms with Gasteiger partial charge in [0.2, 0.25) is 10.0 Å². The molecule has 6 heteroatoms. The minimum atomic E-state index is -3.39. The molecule has 2 atom stereocenters. The van der Waals surface area contributed by atoms with E-state index >= 15 is 0 Å². The average Bonchev–Trinajstić information content (AvgIpc) is 2.87.